The lowest BCUT2D eigenvalue weighted by Gasteiger charge is -2.30. The largest absolute Gasteiger partial charge is 0.466 e. The van der Waals surface area contributed by atoms with E-state index in [1.54, 1.807) is 23.0 Å². The van der Waals surface area contributed by atoms with Gasteiger partial charge in [0.15, 0.2) is 0 Å². The molecule has 5 nitrogen and oxygen atoms in total. The van der Waals surface area contributed by atoms with E-state index in [0.717, 1.165) is 6.54 Å². The zero-order chi connectivity index (χ0) is 10.6. The first-order valence-electron chi connectivity index (χ1n) is 4.37. The molecule has 0 aromatic heterocycles. The highest BCUT2D eigenvalue weighted by molar-refractivity contribution is 5.82. The number of methoxy groups -OCH3 is 1. The van der Waals surface area contributed by atoms with Crippen LogP contribution in [-0.2, 0) is 14.3 Å². The van der Waals surface area contributed by atoms with Gasteiger partial charge in [0.1, 0.15) is 0 Å². The van der Waals surface area contributed by atoms with Crippen molar-refractivity contribution < 1.29 is 14.3 Å². The van der Waals surface area contributed by atoms with Crippen LogP contribution in [0.4, 0.5) is 0 Å². The van der Waals surface area contributed by atoms with Crippen molar-refractivity contribution in [1.82, 2.24) is 9.80 Å². The number of hydrogen-bond donors (Lipinski definition) is 0. The van der Waals surface area contributed by atoms with E-state index in [4.69, 9.17) is 0 Å². The molecule has 1 saturated heterocycles. The summed E-state index contributed by atoms with van der Waals surface area (Å²) in [5.74, 6) is -0.345. The first-order chi connectivity index (χ1) is 6.63. The van der Waals surface area contributed by atoms with Crippen molar-refractivity contribution >= 4 is 11.9 Å². The molecule has 1 amide bonds. The summed E-state index contributed by atoms with van der Waals surface area (Å²) in [6, 6.07) is 0. The summed E-state index contributed by atoms with van der Waals surface area (Å²) in [6.07, 6.45) is 2.91. The summed E-state index contributed by atoms with van der Waals surface area (Å²) in [7, 11) is 3.09. The monoisotopic (exact) mass is 198 g/mol. The minimum Gasteiger partial charge on any atom is -0.466 e. The molecule has 0 aromatic carbocycles. The molecule has 5 heteroatoms. The molecular formula is C9H14N2O3. The lowest BCUT2D eigenvalue weighted by atomic mass is 10.3. The van der Waals surface area contributed by atoms with Gasteiger partial charge in [-0.05, 0) is 0 Å². The van der Waals surface area contributed by atoms with Gasteiger partial charge in [0, 0.05) is 32.4 Å². The van der Waals surface area contributed by atoms with Gasteiger partial charge in [0.25, 0.3) is 0 Å². The molecule has 0 radical (unpaired) electrons. The van der Waals surface area contributed by atoms with Gasteiger partial charge in [-0.2, -0.15) is 0 Å². The second-order valence-electron chi connectivity index (χ2n) is 3.12. The highest BCUT2D eigenvalue weighted by Gasteiger charge is 2.18. The Bertz CT molecular complexity index is 263. The lowest BCUT2D eigenvalue weighted by molar-refractivity contribution is -0.136. The molecule has 0 spiro atoms. The fraction of sp³-hybridized carbons (Fsp3) is 0.556. The molecule has 78 valence electrons. The summed E-state index contributed by atoms with van der Waals surface area (Å²) >= 11 is 0. The molecule has 0 aromatic rings. The summed E-state index contributed by atoms with van der Waals surface area (Å²) < 4.78 is 4.44. The van der Waals surface area contributed by atoms with Crippen LogP contribution in [-0.4, -0.2) is 55.5 Å². The van der Waals surface area contributed by atoms with Gasteiger partial charge in [0.05, 0.1) is 13.7 Å². The normalized spacial score (nSPS) is 17.7. The third-order valence-electron chi connectivity index (χ3n) is 2.11. The van der Waals surface area contributed by atoms with Crippen LogP contribution < -0.4 is 0 Å². The molecule has 0 bridgehead atoms. The number of carbonyl (C=O) groups is 2. The van der Waals surface area contributed by atoms with Gasteiger partial charge >= 0.3 is 5.97 Å². The van der Waals surface area contributed by atoms with Crippen LogP contribution in [0.15, 0.2) is 12.3 Å². The smallest absolute Gasteiger partial charge is 0.331 e. The van der Waals surface area contributed by atoms with Crippen molar-refractivity contribution in [1.29, 1.82) is 0 Å². The van der Waals surface area contributed by atoms with Crippen LogP contribution in [0.2, 0.25) is 0 Å². The van der Waals surface area contributed by atoms with E-state index in [-0.39, 0.29) is 5.91 Å². The number of esters is 1. The van der Waals surface area contributed by atoms with Crippen molar-refractivity contribution in [3.63, 3.8) is 0 Å². The van der Waals surface area contributed by atoms with Crippen LogP contribution in [0, 0.1) is 0 Å². The number of amides is 1. The van der Waals surface area contributed by atoms with E-state index < -0.39 is 5.97 Å². The maximum atomic E-state index is 11.3. The van der Waals surface area contributed by atoms with E-state index in [1.807, 2.05) is 0 Å². The van der Waals surface area contributed by atoms with Crippen LogP contribution in [0.3, 0.4) is 0 Å². The van der Waals surface area contributed by atoms with Gasteiger partial charge in [-0.15, -0.1) is 0 Å². The fourth-order valence-corrected chi connectivity index (χ4v) is 1.14. The maximum Gasteiger partial charge on any atom is 0.331 e. The highest BCUT2D eigenvalue weighted by atomic mass is 16.5. The molecule has 0 atom stereocenters. The summed E-state index contributed by atoms with van der Waals surface area (Å²) in [5, 5.41) is 0. The molecule has 1 rings (SSSR count). The predicted octanol–water partition coefficient (Wildman–Crippen LogP) is -0.553. The first-order valence-corrected chi connectivity index (χ1v) is 4.37. The van der Waals surface area contributed by atoms with Crippen LogP contribution in [0.5, 0.6) is 0 Å². The zero-order valence-corrected chi connectivity index (χ0v) is 8.40. The van der Waals surface area contributed by atoms with Gasteiger partial charge in [0.2, 0.25) is 5.91 Å². The number of ether oxygens (including phenoxy) is 1. The quantitative estimate of drug-likeness (QED) is 0.441. The summed E-state index contributed by atoms with van der Waals surface area (Å²) in [6.45, 7) is 1.75. The van der Waals surface area contributed by atoms with Crippen molar-refractivity contribution in [2.24, 2.45) is 0 Å². The van der Waals surface area contributed by atoms with E-state index in [0.29, 0.717) is 13.1 Å². The second-order valence-corrected chi connectivity index (χ2v) is 3.12. The number of hydrogen-bond acceptors (Lipinski definition) is 4. The van der Waals surface area contributed by atoms with E-state index in [2.05, 4.69) is 4.74 Å². The summed E-state index contributed by atoms with van der Waals surface area (Å²) in [4.78, 5) is 25.5. The van der Waals surface area contributed by atoms with Crippen molar-refractivity contribution in [2.75, 3.05) is 33.8 Å². The standard InChI is InChI=1S/C9H14N2O3/c1-10-5-6-11(7-8(10)12)4-3-9(13)14-2/h3-4H,5-7H2,1-2H3. The van der Waals surface area contributed by atoms with Crippen LogP contribution in [0.25, 0.3) is 0 Å². The lowest BCUT2D eigenvalue weighted by Crippen LogP contribution is -2.46. The molecule has 0 aliphatic carbocycles. The fourth-order valence-electron chi connectivity index (χ4n) is 1.14. The molecule has 0 N–H and O–H groups in total. The average molecular weight is 198 g/mol. The number of piperazine rings is 1. The van der Waals surface area contributed by atoms with Crippen LogP contribution in [0.1, 0.15) is 0 Å². The third-order valence-corrected chi connectivity index (χ3v) is 2.11. The Morgan fingerprint density at radius 1 is 1.50 bits per heavy atom. The van der Waals surface area contributed by atoms with Gasteiger partial charge in [-0.1, -0.05) is 0 Å². The van der Waals surface area contributed by atoms with Gasteiger partial charge in [-0.25, -0.2) is 4.79 Å². The van der Waals surface area contributed by atoms with Crippen LogP contribution >= 0.6 is 0 Å². The zero-order valence-electron chi connectivity index (χ0n) is 8.40. The molecule has 1 fully saturated rings. The molecule has 14 heavy (non-hydrogen) atoms. The Morgan fingerprint density at radius 3 is 2.79 bits per heavy atom. The summed E-state index contributed by atoms with van der Waals surface area (Å²) in [5.41, 5.74) is 0. The molecule has 1 aliphatic rings. The Hall–Kier alpha value is -1.52. The second kappa shape index (κ2) is 4.64. The molecule has 1 aliphatic heterocycles. The van der Waals surface area contributed by atoms with E-state index in [1.165, 1.54) is 13.2 Å². The number of carbonyl (C=O) groups excluding carboxylic acids is 2. The number of likely N-dealkylation sites (N-methyl/N-ethyl adjacent to an activating group) is 1. The third kappa shape index (κ3) is 2.76. The average Bonchev–Trinajstić information content (AvgIpc) is 2.19. The van der Waals surface area contributed by atoms with Crippen molar-refractivity contribution in [3.8, 4) is 0 Å². The van der Waals surface area contributed by atoms with Gasteiger partial charge in [-0.3, -0.25) is 4.79 Å². The van der Waals surface area contributed by atoms with Crippen molar-refractivity contribution in [2.45, 2.75) is 0 Å². The van der Waals surface area contributed by atoms with E-state index >= 15 is 0 Å². The topological polar surface area (TPSA) is 49.9 Å². The molecule has 0 saturated carbocycles. The Kier molecular flexibility index (Phi) is 3.50. The Balaban J connectivity index is 2.44. The molecule has 1 heterocycles. The Labute approximate surface area is 82.9 Å². The first kappa shape index (κ1) is 10.6. The number of nitrogens with zero attached hydrogens (tertiary/aromatic N) is 2. The minimum atomic E-state index is -0.406. The number of rotatable bonds is 2. The van der Waals surface area contributed by atoms with Gasteiger partial charge < -0.3 is 14.5 Å². The molecule has 0 unspecified atom stereocenters. The van der Waals surface area contributed by atoms with E-state index in [9.17, 15) is 9.59 Å². The SMILES string of the molecule is COC(=O)C=CN1CCN(C)C(=O)C1. The predicted molar refractivity (Wildman–Crippen MR) is 50.4 cm³/mol. The maximum absolute atomic E-state index is 11.3. The minimum absolute atomic E-state index is 0.0609. The van der Waals surface area contributed by atoms with Crippen molar-refractivity contribution in [3.05, 3.63) is 12.3 Å². The molecular weight excluding hydrogens is 184 g/mol. The Morgan fingerprint density at radius 2 is 2.21 bits per heavy atom. The highest BCUT2D eigenvalue weighted by Crippen LogP contribution is 2.01.